The lowest BCUT2D eigenvalue weighted by molar-refractivity contribution is 0.515. The SMILES string of the molecule is Cc1ccnc(-c2ccc(F)nc2F)c1. The van der Waals surface area contributed by atoms with Gasteiger partial charge in [-0.05, 0) is 36.8 Å². The maximum Gasteiger partial charge on any atom is 0.224 e. The van der Waals surface area contributed by atoms with Crippen molar-refractivity contribution in [2.75, 3.05) is 0 Å². The van der Waals surface area contributed by atoms with E-state index in [1.54, 1.807) is 18.3 Å². The van der Waals surface area contributed by atoms with Crippen LogP contribution in [-0.2, 0) is 0 Å². The molecule has 0 fully saturated rings. The summed E-state index contributed by atoms with van der Waals surface area (Å²) in [5.74, 6) is -1.67. The number of hydrogen-bond donors (Lipinski definition) is 0. The highest BCUT2D eigenvalue weighted by Gasteiger charge is 2.08. The molecule has 2 aromatic rings. The van der Waals surface area contributed by atoms with E-state index in [9.17, 15) is 8.78 Å². The second-order valence-corrected chi connectivity index (χ2v) is 3.19. The molecule has 2 rings (SSSR count). The van der Waals surface area contributed by atoms with Crippen LogP contribution >= 0.6 is 0 Å². The Balaban J connectivity index is 2.54. The summed E-state index contributed by atoms with van der Waals surface area (Å²) in [4.78, 5) is 7.10. The van der Waals surface area contributed by atoms with Gasteiger partial charge in [0, 0.05) is 6.20 Å². The van der Waals surface area contributed by atoms with E-state index in [1.165, 1.54) is 6.07 Å². The zero-order chi connectivity index (χ0) is 10.8. The fourth-order valence-electron chi connectivity index (χ4n) is 1.29. The molecule has 76 valence electrons. The lowest BCUT2D eigenvalue weighted by Crippen LogP contribution is -1.94. The number of hydrogen-bond acceptors (Lipinski definition) is 2. The van der Waals surface area contributed by atoms with Crippen molar-refractivity contribution in [1.29, 1.82) is 0 Å². The van der Waals surface area contributed by atoms with Crippen molar-refractivity contribution < 1.29 is 8.78 Å². The van der Waals surface area contributed by atoms with E-state index < -0.39 is 11.9 Å². The molecule has 0 aromatic carbocycles. The Hall–Kier alpha value is -1.84. The maximum atomic E-state index is 13.3. The molecule has 0 spiro atoms. The molecule has 2 aromatic heterocycles. The summed E-state index contributed by atoms with van der Waals surface area (Å²) in [5, 5.41) is 0. The van der Waals surface area contributed by atoms with Gasteiger partial charge in [-0.3, -0.25) is 4.98 Å². The number of aromatic nitrogens is 2. The fraction of sp³-hybridized carbons (Fsp3) is 0.0909. The molecular formula is C11H8F2N2. The van der Waals surface area contributed by atoms with Crippen LogP contribution in [0.5, 0.6) is 0 Å². The Morgan fingerprint density at radius 2 is 1.93 bits per heavy atom. The Morgan fingerprint density at radius 3 is 2.60 bits per heavy atom. The largest absolute Gasteiger partial charge is 0.256 e. The quantitative estimate of drug-likeness (QED) is 0.670. The Labute approximate surface area is 85.6 Å². The molecule has 0 aliphatic carbocycles. The topological polar surface area (TPSA) is 25.8 Å². The molecule has 0 bridgehead atoms. The van der Waals surface area contributed by atoms with Crippen molar-refractivity contribution in [2.24, 2.45) is 0 Å². The first-order valence-electron chi connectivity index (χ1n) is 4.42. The van der Waals surface area contributed by atoms with Crippen LogP contribution in [0.1, 0.15) is 5.56 Å². The van der Waals surface area contributed by atoms with Gasteiger partial charge >= 0.3 is 0 Å². The van der Waals surface area contributed by atoms with Crippen LogP contribution < -0.4 is 0 Å². The maximum absolute atomic E-state index is 13.3. The molecule has 15 heavy (non-hydrogen) atoms. The van der Waals surface area contributed by atoms with Gasteiger partial charge < -0.3 is 0 Å². The van der Waals surface area contributed by atoms with Crippen LogP contribution in [0.4, 0.5) is 8.78 Å². The fourth-order valence-corrected chi connectivity index (χ4v) is 1.29. The molecule has 0 saturated carbocycles. The second kappa shape index (κ2) is 3.73. The van der Waals surface area contributed by atoms with E-state index >= 15 is 0 Å². The van der Waals surface area contributed by atoms with Crippen molar-refractivity contribution in [2.45, 2.75) is 6.92 Å². The Kier molecular flexibility index (Phi) is 2.41. The second-order valence-electron chi connectivity index (χ2n) is 3.19. The molecule has 0 N–H and O–H groups in total. The zero-order valence-electron chi connectivity index (χ0n) is 8.04. The smallest absolute Gasteiger partial charge is 0.224 e. The third-order valence-electron chi connectivity index (χ3n) is 2.01. The lowest BCUT2D eigenvalue weighted by Gasteiger charge is -2.02. The van der Waals surface area contributed by atoms with Crippen LogP contribution in [0, 0.1) is 18.8 Å². The first-order chi connectivity index (χ1) is 7.16. The van der Waals surface area contributed by atoms with Gasteiger partial charge in [-0.15, -0.1) is 0 Å². The standard InChI is InChI=1S/C11H8F2N2/c1-7-4-5-14-9(6-7)8-2-3-10(12)15-11(8)13/h2-6H,1H3. The van der Waals surface area contributed by atoms with E-state index in [1.807, 2.05) is 6.92 Å². The molecule has 0 radical (unpaired) electrons. The summed E-state index contributed by atoms with van der Waals surface area (Å²) in [6, 6.07) is 5.97. The molecule has 0 amide bonds. The predicted octanol–water partition coefficient (Wildman–Crippen LogP) is 2.73. The molecule has 2 nitrogen and oxygen atoms in total. The van der Waals surface area contributed by atoms with Gasteiger partial charge in [0.15, 0.2) is 0 Å². The minimum Gasteiger partial charge on any atom is -0.256 e. The monoisotopic (exact) mass is 206 g/mol. The summed E-state index contributed by atoms with van der Waals surface area (Å²) in [6.07, 6.45) is 1.58. The van der Waals surface area contributed by atoms with Gasteiger partial charge in [0.1, 0.15) is 0 Å². The van der Waals surface area contributed by atoms with Crippen LogP contribution in [0.2, 0.25) is 0 Å². The predicted molar refractivity (Wildman–Crippen MR) is 52.1 cm³/mol. The first-order valence-corrected chi connectivity index (χ1v) is 4.42. The summed E-state index contributed by atoms with van der Waals surface area (Å²) < 4.78 is 25.8. The van der Waals surface area contributed by atoms with Gasteiger partial charge in [0.2, 0.25) is 11.9 Å². The van der Waals surface area contributed by atoms with Crippen LogP contribution in [-0.4, -0.2) is 9.97 Å². The van der Waals surface area contributed by atoms with Crippen molar-refractivity contribution in [3.05, 3.63) is 47.9 Å². The van der Waals surface area contributed by atoms with E-state index in [4.69, 9.17) is 0 Å². The van der Waals surface area contributed by atoms with Crippen molar-refractivity contribution in [3.63, 3.8) is 0 Å². The van der Waals surface area contributed by atoms with E-state index in [2.05, 4.69) is 9.97 Å². The van der Waals surface area contributed by atoms with Gasteiger partial charge in [-0.25, -0.2) is 0 Å². The van der Waals surface area contributed by atoms with Crippen LogP contribution in [0.25, 0.3) is 11.3 Å². The van der Waals surface area contributed by atoms with Gasteiger partial charge in [0.05, 0.1) is 11.3 Å². The third kappa shape index (κ3) is 1.98. The molecule has 0 aliphatic heterocycles. The summed E-state index contributed by atoms with van der Waals surface area (Å²) in [6.45, 7) is 1.88. The highest BCUT2D eigenvalue weighted by molar-refractivity contribution is 5.58. The Morgan fingerprint density at radius 1 is 1.13 bits per heavy atom. The van der Waals surface area contributed by atoms with E-state index in [0.717, 1.165) is 11.6 Å². The van der Waals surface area contributed by atoms with Crippen molar-refractivity contribution in [1.82, 2.24) is 9.97 Å². The minimum absolute atomic E-state index is 0.208. The van der Waals surface area contributed by atoms with Crippen LogP contribution in [0.15, 0.2) is 30.5 Å². The van der Waals surface area contributed by atoms with Gasteiger partial charge in [-0.1, -0.05) is 0 Å². The average molecular weight is 206 g/mol. The number of pyridine rings is 2. The summed E-state index contributed by atoms with van der Waals surface area (Å²) in [5.41, 5.74) is 1.63. The summed E-state index contributed by atoms with van der Waals surface area (Å²) in [7, 11) is 0. The molecular weight excluding hydrogens is 198 g/mol. The highest BCUT2D eigenvalue weighted by atomic mass is 19.1. The van der Waals surface area contributed by atoms with E-state index in [0.29, 0.717) is 5.69 Å². The molecule has 2 heterocycles. The molecule has 0 aliphatic rings. The number of aryl methyl sites for hydroxylation is 1. The Bertz CT molecular complexity index is 498. The third-order valence-corrected chi connectivity index (χ3v) is 2.01. The molecule has 4 heteroatoms. The van der Waals surface area contributed by atoms with Gasteiger partial charge in [-0.2, -0.15) is 13.8 Å². The van der Waals surface area contributed by atoms with Crippen molar-refractivity contribution >= 4 is 0 Å². The first kappa shape index (κ1) is 9.71. The van der Waals surface area contributed by atoms with Crippen molar-refractivity contribution in [3.8, 4) is 11.3 Å². The normalized spacial score (nSPS) is 10.3. The number of halogens is 2. The van der Waals surface area contributed by atoms with Crippen LogP contribution in [0.3, 0.4) is 0 Å². The van der Waals surface area contributed by atoms with Gasteiger partial charge in [0.25, 0.3) is 0 Å². The minimum atomic E-state index is -0.840. The number of rotatable bonds is 1. The highest BCUT2D eigenvalue weighted by Crippen LogP contribution is 2.19. The molecule has 0 saturated heterocycles. The number of nitrogens with zero attached hydrogens (tertiary/aromatic N) is 2. The van der Waals surface area contributed by atoms with E-state index in [-0.39, 0.29) is 5.56 Å². The molecule has 0 atom stereocenters. The molecule has 0 unspecified atom stereocenters. The summed E-state index contributed by atoms with van der Waals surface area (Å²) >= 11 is 0. The zero-order valence-corrected chi connectivity index (χ0v) is 8.04. The average Bonchev–Trinajstić information content (AvgIpc) is 2.17. The lowest BCUT2D eigenvalue weighted by atomic mass is 10.1.